The van der Waals surface area contributed by atoms with Crippen molar-refractivity contribution in [1.82, 2.24) is 14.1 Å². The zero-order chi connectivity index (χ0) is 12.6. The number of Topliss-reactive ketones (excluding diaryl/α,β-unsaturated/α-hetero) is 1. The van der Waals surface area contributed by atoms with Crippen molar-refractivity contribution in [2.45, 2.75) is 17.9 Å². The predicted octanol–water partition coefficient (Wildman–Crippen LogP) is 0.427. The normalized spacial score (nSPS) is 18.6. The lowest BCUT2D eigenvalue weighted by atomic mass is 10.1. The van der Waals surface area contributed by atoms with Gasteiger partial charge in [0.2, 0.25) is 0 Å². The summed E-state index contributed by atoms with van der Waals surface area (Å²) in [6, 6.07) is 0. The van der Waals surface area contributed by atoms with Crippen molar-refractivity contribution in [2.75, 3.05) is 13.1 Å². The van der Waals surface area contributed by atoms with E-state index >= 15 is 0 Å². The van der Waals surface area contributed by atoms with E-state index in [1.165, 1.54) is 22.2 Å². The van der Waals surface area contributed by atoms with Gasteiger partial charge in [-0.2, -0.15) is 9.40 Å². The maximum atomic E-state index is 12.3. The minimum absolute atomic E-state index is 0.0199. The molecule has 0 amide bonds. The predicted molar refractivity (Wildman–Crippen MR) is 61.2 cm³/mol. The van der Waals surface area contributed by atoms with E-state index in [1.54, 1.807) is 0 Å². The maximum Gasteiger partial charge on any atom is 0.261 e. The molecule has 0 aliphatic carbocycles. The van der Waals surface area contributed by atoms with Gasteiger partial charge in [-0.05, 0) is 0 Å². The second kappa shape index (κ2) is 4.40. The molecule has 0 bridgehead atoms. The van der Waals surface area contributed by atoms with Crippen LogP contribution >= 0.6 is 11.6 Å². The number of nitrogens with zero attached hydrogens (tertiary/aromatic N) is 3. The van der Waals surface area contributed by atoms with Crippen LogP contribution in [0.5, 0.6) is 0 Å². The first-order valence-corrected chi connectivity index (χ1v) is 6.94. The van der Waals surface area contributed by atoms with Gasteiger partial charge in [-0.3, -0.25) is 9.48 Å². The molecule has 17 heavy (non-hydrogen) atoms. The fourth-order valence-electron chi connectivity index (χ4n) is 1.79. The van der Waals surface area contributed by atoms with Crippen molar-refractivity contribution in [2.24, 2.45) is 7.05 Å². The Hall–Kier alpha value is -0.920. The summed E-state index contributed by atoms with van der Waals surface area (Å²) in [7, 11) is -2.13. The molecule has 6 nitrogen and oxygen atoms in total. The molecule has 0 aromatic carbocycles. The summed E-state index contributed by atoms with van der Waals surface area (Å²) in [5.41, 5.74) is 0. The van der Waals surface area contributed by atoms with E-state index in [0.29, 0.717) is 0 Å². The Bertz CT molecular complexity index is 522. The quantitative estimate of drug-likeness (QED) is 0.786. The largest absolute Gasteiger partial charge is 0.300 e. The lowest BCUT2D eigenvalue weighted by molar-refractivity contribution is -0.120. The Balaban J connectivity index is 2.34. The molecule has 0 radical (unpaired) electrons. The Labute approximate surface area is 104 Å². The molecule has 8 heteroatoms. The second-order valence-corrected chi connectivity index (χ2v) is 6.12. The number of hydrogen-bond acceptors (Lipinski definition) is 4. The van der Waals surface area contributed by atoms with Crippen molar-refractivity contribution in [3.05, 3.63) is 11.2 Å². The average Bonchev–Trinajstić information content (AvgIpc) is 2.59. The standard InChI is InChI=1S/C9H12ClN3O3S/c1-12-9(8(10)6-11-12)17(15,16)13-4-2-7(14)3-5-13/h6H,2-5H2,1H3. The van der Waals surface area contributed by atoms with Crippen LogP contribution in [0, 0.1) is 0 Å². The molecule has 0 N–H and O–H groups in total. The summed E-state index contributed by atoms with van der Waals surface area (Å²) in [6.45, 7) is 0.422. The van der Waals surface area contributed by atoms with E-state index in [1.807, 2.05) is 0 Å². The third kappa shape index (κ3) is 2.22. The lowest BCUT2D eigenvalue weighted by Crippen LogP contribution is -2.39. The van der Waals surface area contributed by atoms with Gasteiger partial charge in [-0.1, -0.05) is 11.6 Å². The molecule has 2 rings (SSSR count). The fraction of sp³-hybridized carbons (Fsp3) is 0.556. The van der Waals surface area contributed by atoms with Crippen molar-refractivity contribution >= 4 is 27.4 Å². The van der Waals surface area contributed by atoms with E-state index in [0.717, 1.165) is 0 Å². The molecule has 1 fully saturated rings. The van der Waals surface area contributed by atoms with Gasteiger partial charge in [0, 0.05) is 33.0 Å². The van der Waals surface area contributed by atoms with Crippen molar-refractivity contribution in [3.63, 3.8) is 0 Å². The second-order valence-electron chi connectivity index (χ2n) is 3.86. The topological polar surface area (TPSA) is 72.3 Å². The van der Waals surface area contributed by atoms with Crippen LogP contribution in [0.1, 0.15) is 12.8 Å². The molecule has 1 aromatic heterocycles. The van der Waals surface area contributed by atoms with Crippen LogP contribution in [0.2, 0.25) is 5.02 Å². The van der Waals surface area contributed by atoms with Crippen molar-refractivity contribution in [3.8, 4) is 0 Å². The Morgan fingerprint density at radius 3 is 2.41 bits per heavy atom. The SMILES string of the molecule is Cn1ncc(Cl)c1S(=O)(=O)N1CCC(=O)CC1. The number of aryl methyl sites for hydroxylation is 1. The van der Waals surface area contributed by atoms with Crippen LogP contribution in [0.25, 0.3) is 0 Å². The average molecular weight is 278 g/mol. The summed E-state index contributed by atoms with van der Waals surface area (Å²) in [5, 5.41) is 3.89. The van der Waals surface area contributed by atoms with E-state index < -0.39 is 10.0 Å². The lowest BCUT2D eigenvalue weighted by Gasteiger charge is -2.25. The maximum absolute atomic E-state index is 12.3. The third-order valence-electron chi connectivity index (χ3n) is 2.71. The summed E-state index contributed by atoms with van der Waals surface area (Å²) >= 11 is 5.82. The van der Waals surface area contributed by atoms with Gasteiger partial charge in [0.15, 0.2) is 5.03 Å². The molecular weight excluding hydrogens is 266 g/mol. The van der Waals surface area contributed by atoms with Crippen LogP contribution in [-0.2, 0) is 21.9 Å². The number of sulfonamides is 1. The molecular formula is C9H12ClN3O3S. The first kappa shape index (κ1) is 12.5. The van der Waals surface area contributed by atoms with Crippen molar-refractivity contribution < 1.29 is 13.2 Å². The number of rotatable bonds is 2. The number of piperidine rings is 1. The summed E-state index contributed by atoms with van der Waals surface area (Å²) in [6.07, 6.45) is 1.81. The molecule has 0 saturated carbocycles. The Morgan fingerprint density at radius 1 is 1.35 bits per heavy atom. The van der Waals surface area contributed by atoms with E-state index in [2.05, 4.69) is 5.10 Å². The highest BCUT2D eigenvalue weighted by atomic mass is 35.5. The van der Waals surface area contributed by atoms with Gasteiger partial charge in [0.25, 0.3) is 10.0 Å². The number of carbonyl (C=O) groups excluding carboxylic acids is 1. The highest BCUT2D eigenvalue weighted by Crippen LogP contribution is 2.25. The number of ketones is 1. The number of halogens is 1. The molecule has 1 aromatic rings. The van der Waals surface area contributed by atoms with E-state index in [-0.39, 0.29) is 41.8 Å². The Kier molecular flexibility index (Phi) is 3.24. The van der Waals surface area contributed by atoms with Crippen LogP contribution < -0.4 is 0 Å². The first-order chi connectivity index (χ1) is 7.93. The molecule has 0 spiro atoms. The van der Waals surface area contributed by atoms with Crippen LogP contribution in [0.4, 0.5) is 0 Å². The minimum atomic E-state index is -3.65. The first-order valence-electron chi connectivity index (χ1n) is 5.12. The monoisotopic (exact) mass is 277 g/mol. The molecule has 2 heterocycles. The smallest absolute Gasteiger partial charge is 0.261 e. The van der Waals surface area contributed by atoms with Crippen molar-refractivity contribution in [1.29, 1.82) is 0 Å². The fourth-order valence-corrected chi connectivity index (χ4v) is 3.83. The zero-order valence-electron chi connectivity index (χ0n) is 9.26. The van der Waals surface area contributed by atoms with Gasteiger partial charge < -0.3 is 0 Å². The van der Waals surface area contributed by atoms with E-state index in [9.17, 15) is 13.2 Å². The molecule has 1 aliphatic rings. The summed E-state index contributed by atoms with van der Waals surface area (Å²) in [4.78, 5) is 11.1. The van der Waals surface area contributed by atoms with Gasteiger partial charge in [0.1, 0.15) is 5.78 Å². The molecule has 0 atom stereocenters. The van der Waals surface area contributed by atoms with Gasteiger partial charge in [-0.25, -0.2) is 8.42 Å². The number of carbonyl (C=O) groups is 1. The highest BCUT2D eigenvalue weighted by molar-refractivity contribution is 7.89. The molecule has 0 unspecified atom stereocenters. The third-order valence-corrected chi connectivity index (χ3v) is 5.11. The Morgan fingerprint density at radius 2 is 1.94 bits per heavy atom. The minimum Gasteiger partial charge on any atom is -0.300 e. The molecule has 1 aliphatic heterocycles. The van der Waals surface area contributed by atoms with Gasteiger partial charge >= 0.3 is 0 Å². The summed E-state index contributed by atoms with van der Waals surface area (Å²) < 4.78 is 27.0. The van der Waals surface area contributed by atoms with Crippen LogP contribution in [0.3, 0.4) is 0 Å². The van der Waals surface area contributed by atoms with Crippen LogP contribution in [-0.4, -0.2) is 41.4 Å². The molecule has 94 valence electrons. The zero-order valence-corrected chi connectivity index (χ0v) is 10.8. The number of hydrogen-bond donors (Lipinski definition) is 0. The van der Waals surface area contributed by atoms with Gasteiger partial charge in [-0.15, -0.1) is 0 Å². The molecule has 1 saturated heterocycles. The van der Waals surface area contributed by atoms with Gasteiger partial charge in [0.05, 0.1) is 11.2 Å². The van der Waals surface area contributed by atoms with Crippen LogP contribution in [0.15, 0.2) is 11.2 Å². The van der Waals surface area contributed by atoms with E-state index in [4.69, 9.17) is 11.6 Å². The summed E-state index contributed by atoms with van der Waals surface area (Å²) in [5.74, 6) is 0.0903. The highest BCUT2D eigenvalue weighted by Gasteiger charge is 2.32. The number of aromatic nitrogens is 2.